The average molecular weight is 235 g/mol. The molecule has 5 heteroatoms. The Balaban J connectivity index is 2.30. The Morgan fingerprint density at radius 3 is 2.94 bits per heavy atom. The number of nitrogens with one attached hydrogen (secondary N) is 1. The summed E-state index contributed by atoms with van der Waals surface area (Å²) in [7, 11) is 0. The van der Waals surface area contributed by atoms with E-state index in [0.29, 0.717) is 23.3 Å². The van der Waals surface area contributed by atoms with Gasteiger partial charge in [0.2, 0.25) is 0 Å². The molecule has 1 aromatic carbocycles. The molecule has 1 aliphatic heterocycles. The number of ether oxygens (including phenoxy) is 2. The van der Waals surface area contributed by atoms with E-state index in [1.165, 1.54) is 0 Å². The van der Waals surface area contributed by atoms with Crippen molar-refractivity contribution in [1.82, 2.24) is 5.32 Å². The molecule has 0 atom stereocenters. The molecule has 1 N–H and O–H groups in total. The van der Waals surface area contributed by atoms with Gasteiger partial charge in [0.05, 0.1) is 5.56 Å². The summed E-state index contributed by atoms with van der Waals surface area (Å²) in [5.74, 6) is 0.763. The van der Waals surface area contributed by atoms with E-state index in [2.05, 4.69) is 5.32 Å². The van der Waals surface area contributed by atoms with Crippen LogP contribution in [0.3, 0.4) is 0 Å². The first-order valence-electron chi connectivity index (χ1n) is 5.24. The predicted molar refractivity (Wildman–Crippen MR) is 60.2 cm³/mol. The molecule has 1 amide bonds. The minimum Gasteiger partial charge on any atom is -0.486 e. The Bertz CT molecular complexity index is 468. The second kappa shape index (κ2) is 4.08. The van der Waals surface area contributed by atoms with Crippen LogP contribution in [0.4, 0.5) is 0 Å². The molecule has 0 bridgehead atoms. The Morgan fingerprint density at radius 1 is 1.47 bits per heavy atom. The van der Waals surface area contributed by atoms with Crippen molar-refractivity contribution in [3.8, 4) is 11.5 Å². The molecule has 0 radical (unpaired) electrons. The maximum Gasteiger partial charge on any atom is 0.258 e. The van der Waals surface area contributed by atoms with Crippen LogP contribution < -0.4 is 14.8 Å². The number of benzene rings is 1. The molecule has 0 aliphatic carbocycles. The van der Waals surface area contributed by atoms with Crippen molar-refractivity contribution in [2.45, 2.75) is 19.6 Å². The Kier molecular flexibility index (Phi) is 2.75. The van der Waals surface area contributed by atoms with Gasteiger partial charge in [-0.05, 0) is 32.0 Å². The molecule has 0 unspecified atom stereocenters. The van der Waals surface area contributed by atoms with Crippen LogP contribution in [0.5, 0.6) is 11.5 Å². The van der Waals surface area contributed by atoms with Gasteiger partial charge in [-0.2, -0.15) is 0 Å². The number of aldehydes is 1. The Morgan fingerprint density at radius 2 is 2.24 bits per heavy atom. The lowest BCUT2D eigenvalue weighted by atomic mass is 10.1. The molecule has 0 saturated heterocycles. The number of hydrogen-bond donors (Lipinski definition) is 1. The zero-order chi connectivity index (χ0) is 12.5. The van der Waals surface area contributed by atoms with E-state index in [-0.39, 0.29) is 12.5 Å². The van der Waals surface area contributed by atoms with Crippen molar-refractivity contribution < 1.29 is 19.1 Å². The minimum atomic E-state index is -0.713. The fraction of sp³-hybridized carbons (Fsp3) is 0.333. The maximum atomic E-state index is 11.8. The van der Waals surface area contributed by atoms with Gasteiger partial charge in [-0.3, -0.25) is 9.59 Å². The highest BCUT2D eigenvalue weighted by Gasteiger charge is 2.31. The largest absolute Gasteiger partial charge is 0.486 e. The van der Waals surface area contributed by atoms with Gasteiger partial charge >= 0.3 is 0 Å². The van der Waals surface area contributed by atoms with Crippen LogP contribution in [0.2, 0.25) is 0 Å². The lowest BCUT2D eigenvalue weighted by Gasteiger charge is -2.33. The smallest absolute Gasteiger partial charge is 0.258 e. The first-order valence-corrected chi connectivity index (χ1v) is 5.24. The third-order valence-corrected chi connectivity index (χ3v) is 2.29. The van der Waals surface area contributed by atoms with Crippen LogP contribution in [-0.4, -0.2) is 24.5 Å². The number of hydrogen-bond acceptors (Lipinski definition) is 4. The molecular weight excluding hydrogens is 222 g/mol. The lowest BCUT2D eigenvalue weighted by Crippen LogP contribution is -2.51. The van der Waals surface area contributed by atoms with Crippen molar-refractivity contribution >= 4 is 12.2 Å². The van der Waals surface area contributed by atoms with Gasteiger partial charge in [0.15, 0.2) is 12.0 Å². The van der Waals surface area contributed by atoms with Crippen molar-refractivity contribution in [2.24, 2.45) is 0 Å². The number of amides is 1. The lowest BCUT2D eigenvalue weighted by molar-refractivity contribution is -0.109. The highest BCUT2D eigenvalue weighted by molar-refractivity contribution is 5.98. The number of fused-ring (bicyclic) bond motifs is 1. The van der Waals surface area contributed by atoms with Crippen molar-refractivity contribution in [1.29, 1.82) is 0 Å². The summed E-state index contributed by atoms with van der Waals surface area (Å²) in [6.07, 6.45) is 0.652. The van der Waals surface area contributed by atoms with Gasteiger partial charge in [-0.15, -0.1) is 0 Å². The molecule has 5 nitrogen and oxygen atoms in total. The minimum absolute atomic E-state index is 0.0350. The molecule has 1 aliphatic rings. The number of carbonyl (C=O) groups is 2. The van der Waals surface area contributed by atoms with Crippen LogP contribution in [0, 0.1) is 0 Å². The monoisotopic (exact) mass is 235 g/mol. The second-order valence-corrected chi connectivity index (χ2v) is 4.20. The normalized spacial score (nSPS) is 16.5. The molecule has 90 valence electrons. The first kappa shape index (κ1) is 11.4. The fourth-order valence-corrected chi connectivity index (χ4v) is 1.64. The highest BCUT2D eigenvalue weighted by atomic mass is 16.5. The molecule has 1 heterocycles. The van der Waals surface area contributed by atoms with Crippen LogP contribution in [0.1, 0.15) is 24.2 Å². The van der Waals surface area contributed by atoms with E-state index in [1.54, 1.807) is 32.0 Å². The number of carbonyl (C=O) groups excluding carboxylic acids is 2. The van der Waals surface area contributed by atoms with Gasteiger partial charge in [-0.25, -0.2) is 0 Å². The summed E-state index contributed by atoms with van der Waals surface area (Å²) in [4.78, 5) is 22.0. The zero-order valence-corrected chi connectivity index (χ0v) is 9.65. The zero-order valence-electron chi connectivity index (χ0n) is 9.65. The summed E-state index contributed by atoms with van der Waals surface area (Å²) in [6.45, 7) is 3.50. The fourth-order valence-electron chi connectivity index (χ4n) is 1.64. The summed E-state index contributed by atoms with van der Waals surface area (Å²) >= 11 is 0. The Labute approximate surface area is 98.7 Å². The van der Waals surface area contributed by atoms with Crippen LogP contribution in [-0.2, 0) is 4.79 Å². The van der Waals surface area contributed by atoms with E-state index in [0.717, 1.165) is 0 Å². The molecular formula is C12H13NO4. The summed E-state index contributed by atoms with van der Waals surface area (Å²) in [6, 6.07) is 4.89. The average Bonchev–Trinajstić information content (AvgIpc) is 2.25. The van der Waals surface area contributed by atoms with E-state index in [4.69, 9.17) is 9.47 Å². The molecule has 0 spiro atoms. The summed E-state index contributed by atoms with van der Waals surface area (Å²) in [5, 5.41) is 2.71. The van der Waals surface area contributed by atoms with E-state index in [9.17, 15) is 9.59 Å². The molecule has 17 heavy (non-hydrogen) atoms. The van der Waals surface area contributed by atoms with Gasteiger partial charge in [0.1, 0.15) is 18.1 Å². The third-order valence-electron chi connectivity index (χ3n) is 2.29. The van der Waals surface area contributed by atoms with Gasteiger partial charge in [-0.1, -0.05) is 0 Å². The van der Waals surface area contributed by atoms with E-state index < -0.39 is 5.72 Å². The Hall–Kier alpha value is -2.04. The SMILES string of the molecule is CC1(C)NC(=O)c2cc(OCC=O)ccc2O1. The third kappa shape index (κ3) is 2.38. The topological polar surface area (TPSA) is 64.6 Å². The predicted octanol–water partition coefficient (Wildman–Crippen LogP) is 1.12. The van der Waals surface area contributed by atoms with E-state index in [1.807, 2.05) is 0 Å². The van der Waals surface area contributed by atoms with Crippen LogP contribution in [0.25, 0.3) is 0 Å². The van der Waals surface area contributed by atoms with Crippen LogP contribution in [0.15, 0.2) is 18.2 Å². The van der Waals surface area contributed by atoms with Crippen molar-refractivity contribution in [3.05, 3.63) is 23.8 Å². The maximum absolute atomic E-state index is 11.8. The molecule has 0 aromatic heterocycles. The molecule has 0 saturated carbocycles. The van der Waals surface area contributed by atoms with Gasteiger partial charge in [0, 0.05) is 0 Å². The summed E-state index contributed by atoms with van der Waals surface area (Å²) in [5.41, 5.74) is -0.303. The molecule has 2 rings (SSSR count). The van der Waals surface area contributed by atoms with Gasteiger partial charge < -0.3 is 14.8 Å². The van der Waals surface area contributed by atoms with E-state index >= 15 is 0 Å². The van der Waals surface area contributed by atoms with Gasteiger partial charge in [0.25, 0.3) is 5.91 Å². The summed E-state index contributed by atoms with van der Waals surface area (Å²) < 4.78 is 10.7. The highest BCUT2D eigenvalue weighted by Crippen LogP contribution is 2.30. The number of rotatable bonds is 3. The van der Waals surface area contributed by atoms with Crippen molar-refractivity contribution in [2.75, 3.05) is 6.61 Å². The first-order chi connectivity index (χ1) is 8.02. The van der Waals surface area contributed by atoms with Crippen molar-refractivity contribution in [3.63, 3.8) is 0 Å². The van der Waals surface area contributed by atoms with Crippen LogP contribution >= 0.6 is 0 Å². The molecule has 0 fully saturated rings. The quantitative estimate of drug-likeness (QED) is 0.797. The molecule has 1 aromatic rings. The standard InChI is InChI=1S/C12H13NO4/c1-12(2)13-11(15)9-7-8(16-6-5-14)3-4-10(9)17-12/h3-5,7H,6H2,1-2H3,(H,13,15). The second-order valence-electron chi connectivity index (χ2n) is 4.20.